The molecule has 0 spiro atoms. The topological polar surface area (TPSA) is 81.2 Å². The highest BCUT2D eigenvalue weighted by molar-refractivity contribution is 5.93. The van der Waals surface area contributed by atoms with Crippen LogP contribution in [-0.2, 0) is 6.54 Å². The van der Waals surface area contributed by atoms with Crippen molar-refractivity contribution < 1.29 is 13.8 Å². The van der Waals surface area contributed by atoms with Gasteiger partial charge in [-0.05, 0) is 38.0 Å². The summed E-state index contributed by atoms with van der Waals surface area (Å²) >= 11 is 0. The zero-order chi connectivity index (χ0) is 20.4. The van der Waals surface area contributed by atoms with Crippen LogP contribution in [0.15, 0.2) is 63.6 Å². The van der Waals surface area contributed by atoms with Crippen LogP contribution in [0.1, 0.15) is 32.9 Å². The number of carbonyl (C=O) groups excluding carboxylic acids is 1. The Balaban J connectivity index is 1.41. The molecule has 2 aromatic carbocycles. The molecular weight excluding hydrogens is 366 g/mol. The number of nitrogens with one attached hydrogen (secondary N) is 1. The Morgan fingerprint density at radius 2 is 1.62 bits per heavy atom. The summed E-state index contributed by atoms with van der Waals surface area (Å²) in [6.07, 6.45) is 0. The molecule has 29 heavy (non-hydrogen) atoms. The second-order valence-electron chi connectivity index (χ2n) is 7.10. The predicted octanol–water partition coefficient (Wildman–Crippen LogP) is 4.85. The van der Waals surface area contributed by atoms with E-state index in [1.165, 1.54) is 11.1 Å². The van der Waals surface area contributed by atoms with Crippen LogP contribution in [0, 0.1) is 20.8 Å². The number of nitrogens with zero attached hydrogens (tertiary/aromatic N) is 2. The zero-order valence-electron chi connectivity index (χ0n) is 16.5. The largest absolute Gasteiger partial charge is 0.359 e. The molecule has 1 amide bonds. The Bertz CT molecular complexity index is 1160. The molecule has 0 unspecified atom stereocenters. The smallest absolute Gasteiger partial charge is 0.273 e. The van der Waals surface area contributed by atoms with Crippen molar-refractivity contribution in [3.63, 3.8) is 0 Å². The first-order chi connectivity index (χ1) is 14.0. The van der Waals surface area contributed by atoms with E-state index in [1.807, 2.05) is 69.3 Å². The third-order valence-electron chi connectivity index (χ3n) is 4.86. The Morgan fingerprint density at radius 1 is 0.862 bits per heavy atom. The second-order valence-corrected chi connectivity index (χ2v) is 7.10. The lowest BCUT2D eigenvalue weighted by molar-refractivity contribution is 0.0938. The number of amides is 1. The summed E-state index contributed by atoms with van der Waals surface area (Å²) in [5.74, 6) is 0.781. The molecule has 0 atom stereocenters. The molecule has 2 heterocycles. The lowest BCUT2D eigenvalue weighted by Gasteiger charge is -2.01. The predicted molar refractivity (Wildman–Crippen MR) is 109 cm³/mol. The van der Waals surface area contributed by atoms with Crippen molar-refractivity contribution in [2.75, 3.05) is 0 Å². The van der Waals surface area contributed by atoms with Gasteiger partial charge in [-0.25, -0.2) is 0 Å². The SMILES string of the molecule is Cc1ccc(-c2cc(CNC(=O)c3cc(-c4ccc(C)c(C)c4)on3)on2)cc1. The third kappa shape index (κ3) is 4.11. The summed E-state index contributed by atoms with van der Waals surface area (Å²) in [5, 5.41) is 10.7. The number of hydrogen-bond acceptors (Lipinski definition) is 5. The van der Waals surface area contributed by atoms with Gasteiger partial charge in [0.2, 0.25) is 0 Å². The monoisotopic (exact) mass is 387 g/mol. The fourth-order valence-electron chi connectivity index (χ4n) is 2.93. The maximum atomic E-state index is 12.4. The van der Waals surface area contributed by atoms with E-state index in [-0.39, 0.29) is 18.1 Å². The fraction of sp³-hybridized carbons (Fsp3) is 0.174. The normalized spacial score (nSPS) is 10.9. The number of carbonyl (C=O) groups is 1. The molecule has 0 bridgehead atoms. The van der Waals surface area contributed by atoms with Gasteiger partial charge in [0, 0.05) is 23.3 Å². The van der Waals surface area contributed by atoms with Crippen molar-refractivity contribution in [2.45, 2.75) is 27.3 Å². The minimum absolute atomic E-state index is 0.212. The van der Waals surface area contributed by atoms with Gasteiger partial charge >= 0.3 is 0 Å². The average molecular weight is 387 g/mol. The molecule has 0 aliphatic heterocycles. The first kappa shape index (κ1) is 18.7. The number of benzene rings is 2. The van der Waals surface area contributed by atoms with E-state index in [2.05, 4.69) is 15.6 Å². The molecule has 6 heteroatoms. The molecule has 1 N–H and O–H groups in total. The first-order valence-electron chi connectivity index (χ1n) is 9.35. The molecule has 0 fully saturated rings. The molecule has 4 rings (SSSR count). The molecule has 0 saturated carbocycles. The van der Waals surface area contributed by atoms with Crippen molar-refractivity contribution >= 4 is 5.91 Å². The van der Waals surface area contributed by atoms with Gasteiger partial charge in [-0.1, -0.05) is 52.3 Å². The van der Waals surface area contributed by atoms with E-state index in [9.17, 15) is 4.79 Å². The van der Waals surface area contributed by atoms with Crippen molar-refractivity contribution in [3.05, 3.63) is 82.7 Å². The van der Waals surface area contributed by atoms with Gasteiger partial charge in [-0.15, -0.1) is 0 Å². The Labute approximate surface area is 168 Å². The van der Waals surface area contributed by atoms with Crippen molar-refractivity contribution in [1.29, 1.82) is 0 Å². The minimum atomic E-state index is -0.336. The van der Waals surface area contributed by atoms with E-state index in [4.69, 9.17) is 9.05 Å². The Hall–Kier alpha value is -3.67. The molecular formula is C23H21N3O3. The Kier molecular flexibility index (Phi) is 4.99. The van der Waals surface area contributed by atoms with Crippen molar-refractivity contribution in [3.8, 4) is 22.6 Å². The summed E-state index contributed by atoms with van der Waals surface area (Å²) in [6, 6.07) is 17.4. The van der Waals surface area contributed by atoms with E-state index in [1.54, 1.807) is 6.07 Å². The standard InChI is InChI=1S/C23H21N3O3/c1-14-4-7-17(8-5-14)20-11-19(28-25-20)13-24-23(27)21-12-22(29-26-21)18-9-6-15(2)16(3)10-18/h4-12H,13H2,1-3H3,(H,24,27). The van der Waals surface area contributed by atoms with Crippen molar-refractivity contribution in [1.82, 2.24) is 15.6 Å². The van der Waals surface area contributed by atoms with Crippen LogP contribution in [0.25, 0.3) is 22.6 Å². The maximum Gasteiger partial charge on any atom is 0.273 e. The van der Waals surface area contributed by atoms with Gasteiger partial charge in [0.05, 0.1) is 6.54 Å². The molecule has 0 saturated heterocycles. The van der Waals surface area contributed by atoms with Crippen LogP contribution >= 0.6 is 0 Å². The molecule has 0 aliphatic rings. The molecule has 0 aliphatic carbocycles. The lowest BCUT2D eigenvalue weighted by atomic mass is 10.0. The molecule has 2 aromatic heterocycles. The van der Waals surface area contributed by atoms with Gasteiger partial charge in [0.1, 0.15) is 5.69 Å². The van der Waals surface area contributed by atoms with E-state index >= 15 is 0 Å². The summed E-state index contributed by atoms with van der Waals surface area (Å²) in [5.41, 5.74) is 6.33. The first-order valence-corrected chi connectivity index (χ1v) is 9.35. The number of rotatable bonds is 5. The van der Waals surface area contributed by atoms with Gasteiger partial charge in [0.25, 0.3) is 5.91 Å². The third-order valence-corrected chi connectivity index (χ3v) is 4.86. The highest BCUT2D eigenvalue weighted by Crippen LogP contribution is 2.23. The lowest BCUT2D eigenvalue weighted by Crippen LogP contribution is -2.22. The van der Waals surface area contributed by atoms with Crippen LogP contribution in [0.5, 0.6) is 0 Å². The van der Waals surface area contributed by atoms with E-state index in [0.717, 1.165) is 22.4 Å². The molecule has 146 valence electrons. The quantitative estimate of drug-likeness (QED) is 0.529. The molecule has 0 radical (unpaired) electrons. The highest BCUT2D eigenvalue weighted by atomic mass is 16.5. The molecule has 4 aromatic rings. The van der Waals surface area contributed by atoms with Gasteiger partial charge in [-0.2, -0.15) is 0 Å². The number of aromatic nitrogens is 2. The number of aryl methyl sites for hydroxylation is 3. The Morgan fingerprint density at radius 3 is 2.38 bits per heavy atom. The summed E-state index contributed by atoms with van der Waals surface area (Å²) in [6.45, 7) is 6.32. The maximum absolute atomic E-state index is 12.4. The van der Waals surface area contributed by atoms with Crippen LogP contribution in [0.3, 0.4) is 0 Å². The van der Waals surface area contributed by atoms with Gasteiger partial charge in [0.15, 0.2) is 17.2 Å². The second kappa shape index (κ2) is 7.75. The van der Waals surface area contributed by atoms with Crippen LogP contribution in [0.4, 0.5) is 0 Å². The average Bonchev–Trinajstić information content (AvgIpc) is 3.39. The van der Waals surface area contributed by atoms with Crippen LogP contribution in [0.2, 0.25) is 0 Å². The van der Waals surface area contributed by atoms with Crippen LogP contribution < -0.4 is 5.32 Å². The van der Waals surface area contributed by atoms with Crippen molar-refractivity contribution in [2.24, 2.45) is 0 Å². The van der Waals surface area contributed by atoms with E-state index < -0.39 is 0 Å². The summed E-state index contributed by atoms with van der Waals surface area (Å²) in [4.78, 5) is 12.4. The van der Waals surface area contributed by atoms with Gasteiger partial charge in [-0.3, -0.25) is 4.79 Å². The summed E-state index contributed by atoms with van der Waals surface area (Å²) < 4.78 is 10.7. The van der Waals surface area contributed by atoms with Gasteiger partial charge < -0.3 is 14.4 Å². The fourth-order valence-corrected chi connectivity index (χ4v) is 2.93. The minimum Gasteiger partial charge on any atom is -0.359 e. The highest BCUT2D eigenvalue weighted by Gasteiger charge is 2.15. The molecule has 6 nitrogen and oxygen atoms in total. The summed E-state index contributed by atoms with van der Waals surface area (Å²) in [7, 11) is 0. The zero-order valence-corrected chi connectivity index (χ0v) is 16.5. The van der Waals surface area contributed by atoms with Crippen LogP contribution in [-0.4, -0.2) is 16.2 Å². The number of hydrogen-bond donors (Lipinski definition) is 1. The van der Waals surface area contributed by atoms with E-state index in [0.29, 0.717) is 11.5 Å².